The Bertz CT molecular complexity index is 476. The molecule has 1 aliphatic heterocycles. The van der Waals surface area contributed by atoms with Crippen molar-refractivity contribution in [3.63, 3.8) is 0 Å². The molecule has 2 heterocycles. The lowest BCUT2D eigenvalue weighted by Crippen LogP contribution is -2.40. The highest BCUT2D eigenvalue weighted by atomic mass is 19.3. The number of nitrogens with one attached hydrogen (secondary N) is 1. The van der Waals surface area contributed by atoms with Crippen LogP contribution in [-0.2, 0) is 0 Å². The van der Waals surface area contributed by atoms with Gasteiger partial charge in [0.2, 0.25) is 5.76 Å². The number of alkyl halides is 2. The lowest BCUT2D eigenvalue weighted by Gasteiger charge is -2.20. The second-order valence-electron chi connectivity index (χ2n) is 5.52. The number of carbonyl (C=O) groups is 1. The molecule has 5 nitrogen and oxygen atoms in total. The number of likely N-dealkylation sites (tertiary alicyclic amines) is 1. The second-order valence-corrected chi connectivity index (χ2v) is 5.52. The van der Waals surface area contributed by atoms with Gasteiger partial charge in [0.05, 0.1) is 0 Å². The minimum atomic E-state index is -2.76. The predicted octanol–water partition coefficient (Wildman–Crippen LogP) is 2.07. The van der Waals surface area contributed by atoms with Crippen LogP contribution in [0, 0.1) is 5.92 Å². The molecule has 112 valence electrons. The summed E-state index contributed by atoms with van der Waals surface area (Å²) in [5.41, 5.74) is -0.101. The summed E-state index contributed by atoms with van der Waals surface area (Å²) in [6, 6.07) is 1.40. The van der Waals surface area contributed by atoms with Gasteiger partial charge >= 0.3 is 0 Å². The van der Waals surface area contributed by atoms with E-state index in [0.717, 1.165) is 19.2 Å². The molecule has 0 spiro atoms. The Hall–Kier alpha value is -1.50. The van der Waals surface area contributed by atoms with Crippen molar-refractivity contribution >= 4 is 5.91 Å². The van der Waals surface area contributed by atoms with Gasteiger partial charge in [-0.15, -0.1) is 0 Å². The normalized spacial score (nSPS) is 23.8. The number of amides is 1. The summed E-state index contributed by atoms with van der Waals surface area (Å²) in [6.45, 7) is 7.92. The van der Waals surface area contributed by atoms with Gasteiger partial charge in [0.15, 0.2) is 5.69 Å². The molecule has 0 aromatic carbocycles. The molecule has 7 heteroatoms. The second kappa shape index (κ2) is 5.87. The zero-order valence-electron chi connectivity index (χ0n) is 11.8. The third-order valence-electron chi connectivity index (χ3n) is 3.66. The van der Waals surface area contributed by atoms with Crippen molar-refractivity contribution in [2.24, 2.45) is 5.92 Å². The molecule has 1 aromatic rings. The molecule has 20 heavy (non-hydrogen) atoms. The van der Waals surface area contributed by atoms with Gasteiger partial charge in [0.25, 0.3) is 12.3 Å². The maximum atomic E-state index is 12.4. The van der Waals surface area contributed by atoms with Gasteiger partial charge in [-0.3, -0.25) is 9.69 Å². The van der Waals surface area contributed by atoms with E-state index < -0.39 is 18.1 Å². The molecule has 1 aliphatic rings. The van der Waals surface area contributed by atoms with Gasteiger partial charge in [-0.2, -0.15) is 0 Å². The van der Waals surface area contributed by atoms with Crippen LogP contribution in [-0.4, -0.2) is 41.1 Å². The summed E-state index contributed by atoms with van der Waals surface area (Å²) in [5, 5.41) is 6.21. The first-order valence-corrected chi connectivity index (χ1v) is 6.68. The standard InChI is InChI=1S/C13H19F2N3O2/c1-7(2)18-5-8(3)10(6-18)16-13(19)9-4-11(12(14)15)20-17-9/h4,7-8,10,12H,5-6H2,1-3H3,(H,16,19)/t8-,10+/m0/s1. The van der Waals surface area contributed by atoms with Crippen LogP contribution in [0.4, 0.5) is 8.78 Å². The molecule has 1 amide bonds. The van der Waals surface area contributed by atoms with Crippen molar-refractivity contribution in [1.29, 1.82) is 0 Å². The number of hydrogen-bond donors (Lipinski definition) is 1. The van der Waals surface area contributed by atoms with Gasteiger partial charge in [-0.05, 0) is 19.8 Å². The van der Waals surface area contributed by atoms with Gasteiger partial charge < -0.3 is 9.84 Å². The fourth-order valence-electron chi connectivity index (χ4n) is 2.36. The summed E-state index contributed by atoms with van der Waals surface area (Å²) in [7, 11) is 0. The van der Waals surface area contributed by atoms with E-state index in [9.17, 15) is 13.6 Å². The van der Waals surface area contributed by atoms with Crippen molar-refractivity contribution < 1.29 is 18.1 Å². The Labute approximate surface area is 116 Å². The van der Waals surface area contributed by atoms with E-state index in [1.807, 2.05) is 0 Å². The van der Waals surface area contributed by atoms with Crippen molar-refractivity contribution in [1.82, 2.24) is 15.4 Å². The molecule has 1 N–H and O–H groups in total. The maximum absolute atomic E-state index is 12.4. The zero-order valence-corrected chi connectivity index (χ0v) is 11.8. The zero-order chi connectivity index (χ0) is 14.9. The lowest BCUT2D eigenvalue weighted by atomic mass is 10.1. The Kier molecular flexibility index (Phi) is 4.37. The monoisotopic (exact) mass is 287 g/mol. The Morgan fingerprint density at radius 2 is 2.20 bits per heavy atom. The first-order valence-electron chi connectivity index (χ1n) is 6.68. The van der Waals surface area contributed by atoms with Crippen LogP contribution in [0.1, 0.15) is 43.4 Å². The van der Waals surface area contributed by atoms with Crippen LogP contribution in [0.3, 0.4) is 0 Å². The summed E-state index contributed by atoms with van der Waals surface area (Å²) in [6.07, 6.45) is -2.76. The Morgan fingerprint density at radius 3 is 2.70 bits per heavy atom. The molecular formula is C13H19F2N3O2. The topological polar surface area (TPSA) is 58.4 Å². The highest BCUT2D eigenvalue weighted by molar-refractivity contribution is 5.92. The Morgan fingerprint density at radius 1 is 1.50 bits per heavy atom. The van der Waals surface area contributed by atoms with E-state index in [0.29, 0.717) is 12.0 Å². The number of halogens is 2. The smallest absolute Gasteiger partial charge is 0.298 e. The third kappa shape index (κ3) is 3.15. The minimum Gasteiger partial charge on any atom is -0.354 e. The first-order chi connectivity index (χ1) is 9.38. The average Bonchev–Trinajstić information content (AvgIpc) is 2.97. The molecule has 1 saturated heterocycles. The number of nitrogens with zero attached hydrogens (tertiary/aromatic N) is 2. The van der Waals surface area contributed by atoms with Crippen LogP contribution >= 0.6 is 0 Å². The van der Waals surface area contributed by atoms with E-state index in [1.54, 1.807) is 0 Å². The molecule has 1 fully saturated rings. The van der Waals surface area contributed by atoms with Crippen LogP contribution in [0.2, 0.25) is 0 Å². The Balaban J connectivity index is 1.97. The molecule has 0 aliphatic carbocycles. The van der Waals surface area contributed by atoms with Crippen molar-refractivity contribution in [2.45, 2.75) is 39.3 Å². The first kappa shape index (κ1) is 14.9. The third-order valence-corrected chi connectivity index (χ3v) is 3.66. The highest BCUT2D eigenvalue weighted by Gasteiger charge is 2.32. The van der Waals surface area contributed by atoms with Crippen molar-refractivity contribution in [3.8, 4) is 0 Å². The maximum Gasteiger partial charge on any atom is 0.298 e. The van der Waals surface area contributed by atoms with E-state index in [2.05, 4.69) is 40.7 Å². The summed E-state index contributed by atoms with van der Waals surface area (Å²) >= 11 is 0. The van der Waals surface area contributed by atoms with E-state index >= 15 is 0 Å². The molecule has 2 rings (SSSR count). The summed E-state index contributed by atoms with van der Waals surface area (Å²) in [5.74, 6) is -0.746. The van der Waals surface area contributed by atoms with Gasteiger partial charge in [0.1, 0.15) is 0 Å². The van der Waals surface area contributed by atoms with Crippen LogP contribution in [0.15, 0.2) is 10.6 Å². The van der Waals surface area contributed by atoms with Crippen molar-refractivity contribution in [2.75, 3.05) is 13.1 Å². The van der Waals surface area contributed by atoms with E-state index in [4.69, 9.17) is 0 Å². The molecule has 0 unspecified atom stereocenters. The number of carbonyl (C=O) groups excluding carboxylic acids is 1. The molecule has 1 aromatic heterocycles. The highest BCUT2D eigenvalue weighted by Crippen LogP contribution is 2.21. The molecule has 0 radical (unpaired) electrons. The number of hydrogen-bond acceptors (Lipinski definition) is 4. The fourth-order valence-corrected chi connectivity index (χ4v) is 2.36. The molecule has 0 bridgehead atoms. The lowest BCUT2D eigenvalue weighted by molar-refractivity contribution is 0.0916. The predicted molar refractivity (Wildman–Crippen MR) is 68.6 cm³/mol. The molecule has 0 saturated carbocycles. The number of aromatic nitrogens is 1. The minimum absolute atomic E-state index is 0.00315. The van der Waals surface area contributed by atoms with Crippen LogP contribution in [0.25, 0.3) is 0 Å². The fraction of sp³-hybridized carbons (Fsp3) is 0.692. The SMILES string of the molecule is CC(C)N1C[C@H](C)[C@H](NC(=O)c2cc(C(F)F)on2)C1. The van der Waals surface area contributed by atoms with E-state index in [-0.39, 0.29) is 11.7 Å². The van der Waals surface area contributed by atoms with Gasteiger partial charge in [0, 0.05) is 31.2 Å². The average molecular weight is 287 g/mol. The van der Waals surface area contributed by atoms with Crippen LogP contribution < -0.4 is 5.32 Å². The van der Waals surface area contributed by atoms with Crippen molar-refractivity contribution in [3.05, 3.63) is 17.5 Å². The van der Waals surface area contributed by atoms with Crippen LogP contribution in [0.5, 0.6) is 0 Å². The van der Waals surface area contributed by atoms with Gasteiger partial charge in [-0.1, -0.05) is 12.1 Å². The molecule has 2 atom stereocenters. The largest absolute Gasteiger partial charge is 0.354 e. The number of rotatable bonds is 4. The van der Waals surface area contributed by atoms with E-state index in [1.165, 1.54) is 0 Å². The molecular weight excluding hydrogens is 268 g/mol. The summed E-state index contributed by atoms with van der Waals surface area (Å²) in [4.78, 5) is 14.2. The quantitative estimate of drug-likeness (QED) is 0.921. The summed E-state index contributed by atoms with van der Waals surface area (Å²) < 4.78 is 29.2. The van der Waals surface area contributed by atoms with Gasteiger partial charge in [-0.25, -0.2) is 8.78 Å².